The van der Waals surface area contributed by atoms with Gasteiger partial charge in [0.1, 0.15) is 12.4 Å². The number of rotatable bonds is 6. The Balaban J connectivity index is 2.25. The van der Waals surface area contributed by atoms with E-state index in [0.717, 1.165) is 0 Å². The molecule has 0 aliphatic rings. The van der Waals surface area contributed by atoms with Crippen molar-refractivity contribution in [3.8, 4) is 0 Å². The zero-order chi connectivity index (χ0) is 13.6. The zero-order valence-electron chi connectivity index (χ0n) is 9.20. The minimum absolute atomic E-state index is 0.00821. The molecule has 0 spiro atoms. The largest absolute Gasteiger partial charge is 0.411 e. The first-order valence-electron chi connectivity index (χ1n) is 4.90. The second-order valence-corrected chi connectivity index (χ2v) is 3.26. The Morgan fingerprint density at radius 2 is 2.11 bits per heavy atom. The Hall–Kier alpha value is -1.90. The van der Waals surface area contributed by atoms with E-state index in [9.17, 15) is 18.0 Å². The van der Waals surface area contributed by atoms with Crippen LogP contribution in [-0.2, 0) is 4.74 Å². The highest BCUT2D eigenvalue weighted by Gasteiger charge is 2.27. The van der Waals surface area contributed by atoms with Crippen LogP contribution in [0.3, 0.4) is 0 Å². The normalized spacial score (nSPS) is 11.3. The van der Waals surface area contributed by atoms with Crippen molar-refractivity contribution in [1.29, 1.82) is 0 Å². The van der Waals surface area contributed by atoms with E-state index in [-0.39, 0.29) is 18.8 Å². The van der Waals surface area contributed by atoms with Gasteiger partial charge in [0.15, 0.2) is 5.69 Å². The van der Waals surface area contributed by atoms with Gasteiger partial charge in [-0.3, -0.25) is 4.79 Å². The molecule has 0 aromatic carbocycles. The second kappa shape index (κ2) is 6.15. The van der Waals surface area contributed by atoms with Gasteiger partial charge in [-0.2, -0.15) is 13.2 Å². The smallest absolute Gasteiger partial charge is 0.370 e. The lowest BCUT2D eigenvalue weighted by atomic mass is 10.4. The number of amides is 1. The van der Waals surface area contributed by atoms with Gasteiger partial charge in [0.25, 0.3) is 5.91 Å². The van der Waals surface area contributed by atoms with Gasteiger partial charge in [0, 0.05) is 6.54 Å². The number of ether oxygens (including phenoxy) is 1. The van der Waals surface area contributed by atoms with Crippen LogP contribution >= 0.6 is 0 Å². The van der Waals surface area contributed by atoms with Gasteiger partial charge in [-0.05, 0) is 12.1 Å². The van der Waals surface area contributed by atoms with E-state index in [1.165, 1.54) is 12.1 Å². The number of nitrogens with one attached hydrogen (secondary N) is 1. The summed E-state index contributed by atoms with van der Waals surface area (Å²) in [6.07, 6.45) is -4.33. The number of hydrogen-bond donors (Lipinski definition) is 2. The average molecular weight is 264 g/mol. The maximum absolute atomic E-state index is 11.7. The molecule has 1 rings (SSSR count). The highest BCUT2D eigenvalue weighted by Crippen LogP contribution is 2.14. The molecule has 3 N–H and O–H groups in total. The molecule has 0 aliphatic carbocycles. The molecule has 100 valence electrons. The molecule has 0 radical (unpaired) electrons. The van der Waals surface area contributed by atoms with Crippen molar-refractivity contribution >= 4 is 11.7 Å². The fourth-order valence-electron chi connectivity index (χ4n) is 0.997. The summed E-state index contributed by atoms with van der Waals surface area (Å²) < 4.78 is 39.5. The SMILES string of the molecule is NC(=O)c1ccc(NCCOCC(F)(F)F)nn1. The van der Waals surface area contributed by atoms with Gasteiger partial charge in [0.2, 0.25) is 0 Å². The number of nitrogens with zero attached hydrogens (tertiary/aromatic N) is 2. The summed E-state index contributed by atoms with van der Waals surface area (Å²) in [6.45, 7) is -1.28. The van der Waals surface area contributed by atoms with Crippen LogP contribution in [0.2, 0.25) is 0 Å². The van der Waals surface area contributed by atoms with E-state index in [2.05, 4.69) is 20.3 Å². The van der Waals surface area contributed by atoms with Gasteiger partial charge in [-0.25, -0.2) is 0 Å². The highest BCUT2D eigenvalue weighted by atomic mass is 19.4. The van der Waals surface area contributed by atoms with Crippen LogP contribution < -0.4 is 11.1 Å². The standard InChI is InChI=1S/C9H11F3N4O2/c10-9(11,12)5-18-4-3-14-7-2-1-6(8(13)17)15-16-7/h1-2H,3-5H2,(H2,13,17)(H,14,16). The molecule has 0 unspecified atom stereocenters. The Labute approximate surface area is 100 Å². The third-order valence-electron chi connectivity index (χ3n) is 1.74. The van der Waals surface area contributed by atoms with Gasteiger partial charge in [-0.15, -0.1) is 10.2 Å². The number of aromatic nitrogens is 2. The summed E-state index contributed by atoms with van der Waals surface area (Å²) >= 11 is 0. The third kappa shape index (κ3) is 5.43. The summed E-state index contributed by atoms with van der Waals surface area (Å²) in [4.78, 5) is 10.7. The Kier molecular flexibility index (Phi) is 4.84. The molecule has 18 heavy (non-hydrogen) atoms. The molecule has 0 bridgehead atoms. The van der Waals surface area contributed by atoms with Crippen LogP contribution in [0, 0.1) is 0 Å². The number of carbonyl (C=O) groups is 1. The first-order chi connectivity index (χ1) is 8.38. The molecule has 1 aromatic heterocycles. The molecule has 1 heterocycles. The maximum Gasteiger partial charge on any atom is 0.411 e. The Morgan fingerprint density at radius 3 is 2.61 bits per heavy atom. The van der Waals surface area contributed by atoms with E-state index < -0.39 is 18.7 Å². The quantitative estimate of drug-likeness (QED) is 0.733. The molecule has 9 heteroatoms. The molecular formula is C9H11F3N4O2. The van der Waals surface area contributed by atoms with Gasteiger partial charge < -0.3 is 15.8 Å². The lowest BCUT2D eigenvalue weighted by Gasteiger charge is -2.08. The average Bonchev–Trinajstić information content (AvgIpc) is 2.27. The minimum Gasteiger partial charge on any atom is -0.370 e. The first-order valence-corrected chi connectivity index (χ1v) is 4.90. The van der Waals surface area contributed by atoms with Crippen molar-refractivity contribution in [3.05, 3.63) is 17.8 Å². The lowest BCUT2D eigenvalue weighted by molar-refractivity contribution is -0.172. The third-order valence-corrected chi connectivity index (χ3v) is 1.74. The van der Waals surface area contributed by atoms with Crippen molar-refractivity contribution in [2.75, 3.05) is 25.1 Å². The molecular weight excluding hydrogens is 253 g/mol. The van der Waals surface area contributed by atoms with E-state index in [0.29, 0.717) is 5.82 Å². The van der Waals surface area contributed by atoms with E-state index in [1.807, 2.05) is 0 Å². The number of carbonyl (C=O) groups excluding carboxylic acids is 1. The first kappa shape index (κ1) is 14.2. The lowest BCUT2D eigenvalue weighted by Crippen LogP contribution is -2.20. The summed E-state index contributed by atoms with van der Waals surface area (Å²) in [5.41, 5.74) is 4.96. The second-order valence-electron chi connectivity index (χ2n) is 3.26. The molecule has 0 atom stereocenters. The molecule has 0 saturated carbocycles. The topological polar surface area (TPSA) is 90.1 Å². The van der Waals surface area contributed by atoms with Crippen LogP contribution in [0.15, 0.2) is 12.1 Å². The van der Waals surface area contributed by atoms with Crippen LogP contribution in [0.5, 0.6) is 0 Å². The summed E-state index contributed by atoms with van der Waals surface area (Å²) in [5, 5.41) is 9.79. The summed E-state index contributed by atoms with van der Waals surface area (Å²) in [7, 11) is 0. The monoisotopic (exact) mass is 264 g/mol. The van der Waals surface area contributed by atoms with Crippen molar-refractivity contribution in [2.45, 2.75) is 6.18 Å². The molecule has 6 nitrogen and oxygen atoms in total. The van der Waals surface area contributed by atoms with Crippen LogP contribution in [0.25, 0.3) is 0 Å². The number of alkyl halides is 3. The van der Waals surface area contributed by atoms with Crippen LogP contribution in [-0.4, -0.2) is 42.0 Å². The van der Waals surface area contributed by atoms with E-state index in [1.54, 1.807) is 0 Å². The molecule has 1 aromatic rings. The number of primary amides is 1. The fourth-order valence-corrected chi connectivity index (χ4v) is 0.997. The van der Waals surface area contributed by atoms with Crippen LogP contribution in [0.4, 0.5) is 19.0 Å². The fraction of sp³-hybridized carbons (Fsp3) is 0.444. The number of hydrogen-bond acceptors (Lipinski definition) is 5. The predicted molar refractivity (Wildman–Crippen MR) is 55.9 cm³/mol. The van der Waals surface area contributed by atoms with Crippen molar-refractivity contribution in [3.63, 3.8) is 0 Å². The van der Waals surface area contributed by atoms with Crippen molar-refractivity contribution in [2.24, 2.45) is 5.73 Å². The minimum atomic E-state index is -4.33. The van der Waals surface area contributed by atoms with E-state index >= 15 is 0 Å². The van der Waals surface area contributed by atoms with Crippen molar-refractivity contribution < 1.29 is 22.7 Å². The maximum atomic E-state index is 11.7. The van der Waals surface area contributed by atoms with Crippen molar-refractivity contribution in [1.82, 2.24) is 10.2 Å². The van der Waals surface area contributed by atoms with Gasteiger partial charge >= 0.3 is 6.18 Å². The Morgan fingerprint density at radius 1 is 1.39 bits per heavy atom. The highest BCUT2D eigenvalue weighted by molar-refractivity contribution is 5.90. The predicted octanol–water partition coefficient (Wildman–Crippen LogP) is 0.566. The zero-order valence-corrected chi connectivity index (χ0v) is 9.20. The number of halogens is 3. The van der Waals surface area contributed by atoms with E-state index in [4.69, 9.17) is 5.73 Å². The number of anilines is 1. The molecule has 1 amide bonds. The number of nitrogens with two attached hydrogens (primary N) is 1. The molecule has 0 saturated heterocycles. The summed E-state index contributed by atoms with van der Waals surface area (Å²) in [6, 6.07) is 2.80. The van der Waals surface area contributed by atoms with Gasteiger partial charge in [0.05, 0.1) is 6.61 Å². The Bertz CT molecular complexity index is 394. The summed E-state index contributed by atoms with van der Waals surface area (Å²) in [5.74, 6) is -0.391. The van der Waals surface area contributed by atoms with Crippen LogP contribution in [0.1, 0.15) is 10.5 Å². The molecule has 0 aliphatic heterocycles. The van der Waals surface area contributed by atoms with Gasteiger partial charge in [-0.1, -0.05) is 0 Å². The molecule has 0 fully saturated rings.